The summed E-state index contributed by atoms with van der Waals surface area (Å²) in [6.07, 6.45) is 3.93. The molecule has 0 unspecified atom stereocenters. The van der Waals surface area contributed by atoms with Crippen molar-refractivity contribution in [2.45, 2.75) is 45.4 Å². The first-order valence-electron chi connectivity index (χ1n) is 12.0. The molecule has 6 rings (SSSR count). The summed E-state index contributed by atoms with van der Waals surface area (Å²) in [4.78, 5) is 14.8. The van der Waals surface area contributed by atoms with Gasteiger partial charge in [0.2, 0.25) is 0 Å². The zero-order valence-electron chi connectivity index (χ0n) is 20.0. The molecule has 0 aliphatic heterocycles. The molecule has 0 saturated heterocycles. The largest absolute Gasteiger partial charge is 0.511 e. The van der Waals surface area contributed by atoms with E-state index in [9.17, 15) is 10.4 Å². The molecule has 3 heterocycles. The van der Waals surface area contributed by atoms with Gasteiger partial charge >= 0.3 is 0 Å². The summed E-state index contributed by atoms with van der Waals surface area (Å²) in [5, 5.41) is 21.5. The van der Waals surface area contributed by atoms with Gasteiger partial charge in [-0.05, 0) is 56.4 Å². The van der Waals surface area contributed by atoms with Crippen molar-refractivity contribution in [2.24, 2.45) is 11.8 Å². The minimum atomic E-state index is -0.402. The van der Waals surface area contributed by atoms with E-state index in [4.69, 9.17) is 14.4 Å². The Hall–Kier alpha value is -3.98. The highest BCUT2D eigenvalue weighted by atomic mass is 16.3. The standard InChI is InChI=1S/C29H26N4O2/c1-16-8-11-24(35-16)25-21-9-10-22-17(2)26(34)18(15-30)14-29(22,3)27(21)33-28(32-25)20-12-13-31-23-7-5-4-6-19(20)23/h4-8,11-13,17,22,34H,9-10,14H2,1-3H3/t17-,22-,29-/m1/s1. The number of aliphatic hydroxyl groups excluding tert-OH is 1. The average Bonchev–Trinajstić information content (AvgIpc) is 3.31. The average molecular weight is 463 g/mol. The number of hydrogen-bond donors (Lipinski definition) is 1. The maximum Gasteiger partial charge on any atom is 0.160 e. The van der Waals surface area contributed by atoms with Crippen molar-refractivity contribution in [1.82, 2.24) is 15.0 Å². The van der Waals surface area contributed by atoms with E-state index in [-0.39, 0.29) is 17.6 Å². The minimum Gasteiger partial charge on any atom is -0.511 e. The Balaban J connectivity index is 1.65. The van der Waals surface area contributed by atoms with Crippen molar-refractivity contribution in [3.8, 4) is 28.9 Å². The van der Waals surface area contributed by atoms with Crippen LogP contribution in [0.1, 0.15) is 43.7 Å². The Morgan fingerprint density at radius 1 is 1.14 bits per heavy atom. The maximum atomic E-state index is 10.7. The summed E-state index contributed by atoms with van der Waals surface area (Å²) in [5.74, 6) is 2.48. The van der Waals surface area contributed by atoms with Crippen LogP contribution in [0.3, 0.4) is 0 Å². The molecule has 0 amide bonds. The summed E-state index contributed by atoms with van der Waals surface area (Å²) in [7, 11) is 0. The molecule has 4 aromatic rings. The zero-order valence-corrected chi connectivity index (χ0v) is 20.0. The fraction of sp³-hybridized carbons (Fsp3) is 0.310. The van der Waals surface area contributed by atoms with Gasteiger partial charge in [0, 0.05) is 34.0 Å². The monoisotopic (exact) mass is 462 g/mol. The SMILES string of the molecule is Cc1ccc(-c2nc(-c3ccnc4ccccc34)nc3c2CC[C@@H]2[C@@H](C)C(O)=C(C#N)C[C@@]32C)o1. The number of rotatable bonds is 2. The van der Waals surface area contributed by atoms with Gasteiger partial charge in [-0.25, -0.2) is 9.97 Å². The van der Waals surface area contributed by atoms with E-state index in [0.29, 0.717) is 17.8 Å². The number of pyridine rings is 1. The van der Waals surface area contributed by atoms with Gasteiger partial charge in [-0.2, -0.15) is 5.26 Å². The highest BCUT2D eigenvalue weighted by Crippen LogP contribution is 2.54. The molecule has 0 radical (unpaired) electrons. The Morgan fingerprint density at radius 3 is 2.74 bits per heavy atom. The molecule has 6 heteroatoms. The lowest BCUT2D eigenvalue weighted by molar-refractivity contribution is 0.136. The maximum absolute atomic E-state index is 10.7. The molecule has 2 aliphatic rings. The molecule has 0 saturated carbocycles. The topological polar surface area (TPSA) is 95.8 Å². The molecule has 2 aliphatic carbocycles. The van der Waals surface area contributed by atoms with Crippen molar-refractivity contribution in [3.63, 3.8) is 0 Å². The van der Waals surface area contributed by atoms with Gasteiger partial charge < -0.3 is 9.52 Å². The van der Waals surface area contributed by atoms with Gasteiger partial charge in [0.25, 0.3) is 0 Å². The highest BCUT2D eigenvalue weighted by Gasteiger charge is 2.50. The van der Waals surface area contributed by atoms with Gasteiger partial charge in [-0.3, -0.25) is 4.98 Å². The summed E-state index contributed by atoms with van der Waals surface area (Å²) in [6.45, 7) is 6.14. The number of furan rings is 1. The van der Waals surface area contributed by atoms with Crippen LogP contribution in [-0.2, 0) is 11.8 Å². The van der Waals surface area contributed by atoms with E-state index < -0.39 is 5.41 Å². The van der Waals surface area contributed by atoms with Crippen LogP contribution in [0.2, 0.25) is 0 Å². The molecule has 0 fully saturated rings. The van der Waals surface area contributed by atoms with Crippen LogP contribution in [0, 0.1) is 30.1 Å². The van der Waals surface area contributed by atoms with E-state index in [1.54, 1.807) is 6.20 Å². The van der Waals surface area contributed by atoms with E-state index in [2.05, 4.69) is 18.0 Å². The molecule has 6 nitrogen and oxygen atoms in total. The first-order chi connectivity index (χ1) is 16.9. The third-order valence-corrected chi connectivity index (χ3v) is 7.96. The van der Waals surface area contributed by atoms with Crippen molar-refractivity contribution >= 4 is 10.9 Å². The van der Waals surface area contributed by atoms with Crippen LogP contribution in [0.4, 0.5) is 0 Å². The third-order valence-electron chi connectivity index (χ3n) is 7.96. The number of allylic oxidation sites excluding steroid dienone is 2. The molecule has 3 aromatic heterocycles. The second-order valence-electron chi connectivity index (χ2n) is 10.0. The molecule has 174 valence electrons. The smallest absolute Gasteiger partial charge is 0.160 e. The number of fused-ring (bicyclic) bond motifs is 4. The quantitative estimate of drug-likeness (QED) is 0.367. The van der Waals surface area contributed by atoms with Crippen LogP contribution in [0.25, 0.3) is 33.7 Å². The lowest BCUT2D eigenvalue weighted by Crippen LogP contribution is -2.45. The van der Waals surface area contributed by atoms with Crippen molar-refractivity contribution in [2.75, 3.05) is 0 Å². The van der Waals surface area contributed by atoms with Crippen LogP contribution in [0.15, 0.2) is 64.4 Å². The first-order valence-corrected chi connectivity index (χ1v) is 12.0. The van der Waals surface area contributed by atoms with E-state index >= 15 is 0 Å². The predicted molar refractivity (Wildman–Crippen MR) is 133 cm³/mol. The molecule has 3 atom stereocenters. The van der Waals surface area contributed by atoms with E-state index in [1.165, 1.54) is 0 Å². The van der Waals surface area contributed by atoms with E-state index in [0.717, 1.165) is 57.8 Å². The second kappa shape index (κ2) is 7.78. The number of aromatic nitrogens is 3. The number of nitriles is 1. The lowest BCUT2D eigenvalue weighted by atomic mass is 9.56. The van der Waals surface area contributed by atoms with Crippen molar-refractivity contribution in [1.29, 1.82) is 5.26 Å². The van der Waals surface area contributed by atoms with Gasteiger partial charge in [-0.15, -0.1) is 0 Å². The fourth-order valence-corrected chi connectivity index (χ4v) is 6.20. The fourth-order valence-electron chi connectivity index (χ4n) is 6.20. The van der Waals surface area contributed by atoms with Crippen LogP contribution < -0.4 is 0 Å². The number of benzene rings is 1. The third kappa shape index (κ3) is 3.19. The Labute approximate surface area is 204 Å². The molecular formula is C29H26N4O2. The van der Waals surface area contributed by atoms with Crippen molar-refractivity contribution in [3.05, 3.63) is 77.0 Å². The molecular weight excluding hydrogens is 436 g/mol. The lowest BCUT2D eigenvalue weighted by Gasteiger charge is -2.48. The van der Waals surface area contributed by atoms with Crippen molar-refractivity contribution < 1.29 is 9.52 Å². The molecule has 0 bridgehead atoms. The Morgan fingerprint density at radius 2 is 1.97 bits per heavy atom. The summed E-state index contributed by atoms with van der Waals surface area (Å²) < 4.78 is 6.06. The van der Waals surface area contributed by atoms with Crippen LogP contribution in [-0.4, -0.2) is 20.1 Å². The Bertz CT molecular complexity index is 1560. The zero-order chi connectivity index (χ0) is 24.3. The summed E-state index contributed by atoms with van der Waals surface area (Å²) in [6, 6.07) is 16.1. The number of nitrogens with zero attached hydrogens (tertiary/aromatic N) is 4. The van der Waals surface area contributed by atoms with Gasteiger partial charge in [0.15, 0.2) is 11.6 Å². The van der Waals surface area contributed by atoms with Crippen LogP contribution >= 0.6 is 0 Å². The summed E-state index contributed by atoms with van der Waals surface area (Å²) >= 11 is 0. The summed E-state index contributed by atoms with van der Waals surface area (Å²) in [5.41, 5.74) is 4.69. The first kappa shape index (κ1) is 21.5. The van der Waals surface area contributed by atoms with E-state index in [1.807, 2.05) is 56.3 Å². The molecule has 0 spiro atoms. The minimum absolute atomic E-state index is 0.106. The predicted octanol–water partition coefficient (Wildman–Crippen LogP) is 6.46. The number of aryl methyl sites for hydroxylation is 1. The molecule has 35 heavy (non-hydrogen) atoms. The number of aliphatic hydroxyl groups is 1. The number of para-hydroxylation sites is 1. The second-order valence-corrected chi connectivity index (χ2v) is 10.0. The molecule has 1 N–H and O–H groups in total. The normalized spacial score (nSPS) is 23.6. The van der Waals surface area contributed by atoms with Gasteiger partial charge in [-0.1, -0.05) is 32.0 Å². The van der Waals surface area contributed by atoms with Gasteiger partial charge in [0.1, 0.15) is 17.2 Å². The van der Waals surface area contributed by atoms with Gasteiger partial charge in [0.05, 0.1) is 22.9 Å². The number of hydrogen-bond acceptors (Lipinski definition) is 6. The molecule has 1 aromatic carbocycles. The van der Waals surface area contributed by atoms with Crippen LogP contribution in [0.5, 0.6) is 0 Å². The highest BCUT2D eigenvalue weighted by molar-refractivity contribution is 5.92. The Kier molecular flexibility index (Phi) is 4.79.